The molecule has 0 fully saturated rings. The quantitative estimate of drug-likeness (QED) is 0.124. The lowest BCUT2D eigenvalue weighted by Crippen LogP contribution is -2.28. The molecule has 0 saturated heterocycles. The van der Waals surface area contributed by atoms with Crippen molar-refractivity contribution >= 4 is 27.6 Å². The van der Waals surface area contributed by atoms with Crippen molar-refractivity contribution in [3.63, 3.8) is 0 Å². The van der Waals surface area contributed by atoms with E-state index in [0.29, 0.717) is 29.2 Å². The highest BCUT2D eigenvalue weighted by Crippen LogP contribution is 2.36. The Balaban J connectivity index is 1.23. The zero-order valence-corrected chi connectivity index (χ0v) is 28.8. The van der Waals surface area contributed by atoms with Crippen LogP contribution in [-0.2, 0) is 21.3 Å². The fourth-order valence-corrected chi connectivity index (χ4v) is 6.71. The van der Waals surface area contributed by atoms with Crippen LogP contribution in [0.25, 0.3) is 22.3 Å². The van der Waals surface area contributed by atoms with Crippen molar-refractivity contribution in [3.8, 4) is 33.8 Å². The lowest BCUT2D eigenvalue weighted by molar-refractivity contribution is -0.117. The van der Waals surface area contributed by atoms with Crippen LogP contribution in [0.1, 0.15) is 44.1 Å². The third-order valence-electron chi connectivity index (χ3n) is 8.76. The van der Waals surface area contributed by atoms with E-state index in [1.807, 2.05) is 66.7 Å². The number of amides is 2. The molecule has 0 saturated carbocycles. The molecule has 256 valence electrons. The Labute approximate surface area is 292 Å². The van der Waals surface area contributed by atoms with Gasteiger partial charge in [0.2, 0.25) is 12.7 Å². The van der Waals surface area contributed by atoms with Crippen molar-refractivity contribution in [1.82, 2.24) is 5.32 Å². The van der Waals surface area contributed by atoms with Gasteiger partial charge in [0.05, 0.1) is 11.7 Å². The number of nitrogens with one attached hydrogen (secondary N) is 2. The largest absolute Gasteiger partial charge is 0.454 e. The van der Waals surface area contributed by atoms with Gasteiger partial charge in [0.15, 0.2) is 11.5 Å². The maximum absolute atomic E-state index is 14.0. The maximum atomic E-state index is 14.0. The number of hydrogen-bond acceptors (Lipinski definition) is 6. The van der Waals surface area contributed by atoms with Gasteiger partial charge in [0, 0.05) is 17.8 Å². The molecule has 0 spiro atoms. The fourth-order valence-electron chi connectivity index (χ4n) is 6.35. The SMILES string of the molecule is Cc1cc(C)c(-c2ccc(NC(=O)C(Cc3ccc(C(=O)NCCS(=O)(=O)O)cc3)c3ccc(-c4ccc5c(c4)OCO5)cc3)cc2)c(C)c1. The van der Waals surface area contributed by atoms with Gasteiger partial charge in [0.25, 0.3) is 16.0 Å². The number of aryl methyl sites for hydroxylation is 3. The number of hydrogen-bond donors (Lipinski definition) is 3. The second kappa shape index (κ2) is 14.6. The molecule has 1 aliphatic rings. The van der Waals surface area contributed by atoms with Crippen LogP contribution in [0.5, 0.6) is 11.5 Å². The van der Waals surface area contributed by atoms with Crippen LogP contribution in [0.2, 0.25) is 0 Å². The number of fused-ring (bicyclic) bond motifs is 1. The van der Waals surface area contributed by atoms with Gasteiger partial charge < -0.3 is 20.1 Å². The summed E-state index contributed by atoms with van der Waals surface area (Å²) in [5.41, 5.74) is 10.5. The summed E-state index contributed by atoms with van der Waals surface area (Å²) < 4.78 is 41.9. The van der Waals surface area contributed by atoms with E-state index in [1.54, 1.807) is 24.3 Å². The van der Waals surface area contributed by atoms with Crippen molar-refractivity contribution in [1.29, 1.82) is 0 Å². The second-order valence-corrected chi connectivity index (χ2v) is 14.1. The van der Waals surface area contributed by atoms with E-state index >= 15 is 0 Å². The molecule has 0 radical (unpaired) electrons. The summed E-state index contributed by atoms with van der Waals surface area (Å²) in [5.74, 6) is -0.374. The van der Waals surface area contributed by atoms with Gasteiger partial charge in [-0.3, -0.25) is 14.1 Å². The first-order valence-corrected chi connectivity index (χ1v) is 17.9. The topological polar surface area (TPSA) is 131 Å². The molecule has 1 atom stereocenters. The summed E-state index contributed by atoms with van der Waals surface area (Å²) in [6.07, 6.45) is 0.361. The second-order valence-electron chi connectivity index (χ2n) is 12.5. The molecular formula is C40H38N2O7S. The smallest absolute Gasteiger partial charge is 0.266 e. The molecule has 2 amide bonds. The van der Waals surface area contributed by atoms with E-state index in [1.165, 1.54) is 22.3 Å². The molecule has 1 heterocycles. The summed E-state index contributed by atoms with van der Waals surface area (Å²) in [7, 11) is -4.18. The Morgan fingerprint density at radius 3 is 2.04 bits per heavy atom. The Hall–Kier alpha value is -5.45. The number of benzene rings is 5. The van der Waals surface area contributed by atoms with Crippen molar-refractivity contribution in [2.75, 3.05) is 24.4 Å². The summed E-state index contributed by atoms with van der Waals surface area (Å²) >= 11 is 0. The number of ether oxygens (including phenoxy) is 2. The molecule has 6 rings (SSSR count). The Morgan fingerprint density at radius 2 is 1.38 bits per heavy atom. The van der Waals surface area contributed by atoms with Crippen LogP contribution in [0.4, 0.5) is 5.69 Å². The fraction of sp³-hybridized carbons (Fsp3) is 0.200. The van der Waals surface area contributed by atoms with Gasteiger partial charge in [-0.15, -0.1) is 0 Å². The van der Waals surface area contributed by atoms with Gasteiger partial charge in [0.1, 0.15) is 0 Å². The lowest BCUT2D eigenvalue weighted by atomic mass is 9.89. The molecule has 1 aliphatic heterocycles. The van der Waals surface area contributed by atoms with Gasteiger partial charge in [-0.2, -0.15) is 8.42 Å². The van der Waals surface area contributed by atoms with Crippen LogP contribution in [0.3, 0.4) is 0 Å². The van der Waals surface area contributed by atoms with Crippen LogP contribution in [0.15, 0.2) is 103 Å². The predicted molar refractivity (Wildman–Crippen MR) is 194 cm³/mol. The average molecular weight is 691 g/mol. The number of carbonyl (C=O) groups is 2. The van der Waals surface area contributed by atoms with Crippen LogP contribution in [0, 0.1) is 20.8 Å². The Bertz CT molecular complexity index is 2120. The van der Waals surface area contributed by atoms with E-state index in [4.69, 9.17) is 14.0 Å². The Morgan fingerprint density at radius 1 is 0.760 bits per heavy atom. The third kappa shape index (κ3) is 8.22. The molecule has 0 aliphatic carbocycles. The molecule has 10 heteroatoms. The number of rotatable bonds is 11. The van der Waals surface area contributed by atoms with Gasteiger partial charge in [-0.1, -0.05) is 72.3 Å². The standard InChI is InChI=1S/C40H38N2O7S/c1-25-20-26(2)38(27(3)21-25)31-12-15-34(16-13-31)42-40(44)35(22-28-4-6-32(7-5-28)39(43)41-18-19-50(45,46)47)30-10-8-29(9-11-30)33-14-17-36-37(23-33)49-24-48-36/h4-17,20-21,23,35H,18-19,22,24H2,1-3H3,(H,41,43)(H,42,44)(H,45,46,47). The molecule has 5 aromatic carbocycles. The monoisotopic (exact) mass is 690 g/mol. The minimum Gasteiger partial charge on any atom is -0.454 e. The van der Waals surface area contributed by atoms with E-state index < -0.39 is 27.7 Å². The summed E-state index contributed by atoms with van der Waals surface area (Å²) in [4.78, 5) is 26.5. The van der Waals surface area contributed by atoms with E-state index in [9.17, 15) is 18.0 Å². The zero-order chi connectivity index (χ0) is 35.4. The predicted octanol–water partition coefficient (Wildman–Crippen LogP) is 7.26. The first-order chi connectivity index (χ1) is 23.9. The van der Waals surface area contributed by atoms with Crippen molar-refractivity contribution < 1.29 is 32.0 Å². The van der Waals surface area contributed by atoms with Gasteiger partial charge in [-0.25, -0.2) is 0 Å². The van der Waals surface area contributed by atoms with Crippen LogP contribution >= 0.6 is 0 Å². The molecule has 0 bridgehead atoms. The molecule has 5 aromatic rings. The van der Waals surface area contributed by atoms with E-state index in [-0.39, 0.29) is 19.2 Å². The maximum Gasteiger partial charge on any atom is 0.266 e. The first-order valence-electron chi connectivity index (χ1n) is 16.2. The average Bonchev–Trinajstić information content (AvgIpc) is 3.55. The first kappa shape index (κ1) is 34.4. The van der Waals surface area contributed by atoms with Crippen LogP contribution in [-0.4, -0.2) is 43.9 Å². The van der Waals surface area contributed by atoms with Crippen LogP contribution < -0.4 is 20.1 Å². The number of carbonyl (C=O) groups excluding carboxylic acids is 2. The molecular weight excluding hydrogens is 653 g/mol. The van der Waals surface area contributed by atoms with Gasteiger partial charge in [-0.05, 0) is 108 Å². The summed E-state index contributed by atoms with van der Waals surface area (Å²) in [5, 5.41) is 5.60. The highest BCUT2D eigenvalue weighted by atomic mass is 32.2. The summed E-state index contributed by atoms with van der Waals surface area (Å²) in [6.45, 7) is 6.29. The molecule has 3 N–H and O–H groups in total. The van der Waals surface area contributed by atoms with Crippen molar-refractivity contribution in [2.45, 2.75) is 33.1 Å². The molecule has 1 unspecified atom stereocenters. The van der Waals surface area contributed by atoms with Crippen molar-refractivity contribution in [2.24, 2.45) is 0 Å². The summed E-state index contributed by atoms with van der Waals surface area (Å²) in [6, 6.07) is 32.7. The lowest BCUT2D eigenvalue weighted by Gasteiger charge is -2.19. The Kier molecular flexibility index (Phi) is 10.0. The molecule has 50 heavy (non-hydrogen) atoms. The third-order valence-corrected chi connectivity index (χ3v) is 9.48. The van der Waals surface area contributed by atoms with E-state index in [2.05, 4.69) is 43.5 Å². The highest BCUT2D eigenvalue weighted by molar-refractivity contribution is 7.85. The minimum absolute atomic E-state index is 0.177. The normalized spacial score (nSPS) is 12.7. The molecule has 9 nitrogen and oxygen atoms in total. The van der Waals surface area contributed by atoms with Gasteiger partial charge >= 0.3 is 0 Å². The number of anilines is 1. The minimum atomic E-state index is -4.18. The zero-order valence-electron chi connectivity index (χ0n) is 28.0. The highest BCUT2D eigenvalue weighted by Gasteiger charge is 2.23. The molecule has 0 aromatic heterocycles. The van der Waals surface area contributed by atoms with Crippen molar-refractivity contribution in [3.05, 3.63) is 137 Å². The van der Waals surface area contributed by atoms with E-state index in [0.717, 1.165) is 27.8 Å².